The molecule has 252 valence electrons. The van der Waals surface area contributed by atoms with Gasteiger partial charge in [0.1, 0.15) is 22.7 Å². The summed E-state index contributed by atoms with van der Waals surface area (Å²) < 4.78 is 8.54. The zero-order valence-electron chi connectivity index (χ0n) is 29.1. The molecular formula is C47H37N3O2. The van der Waals surface area contributed by atoms with E-state index in [2.05, 4.69) is 92.7 Å². The molecule has 0 bridgehead atoms. The lowest BCUT2D eigenvalue weighted by Gasteiger charge is -2.16. The van der Waals surface area contributed by atoms with Crippen molar-refractivity contribution in [1.82, 2.24) is 14.5 Å². The van der Waals surface area contributed by atoms with E-state index in [4.69, 9.17) is 14.4 Å². The molecule has 0 radical (unpaired) electrons. The Labute approximate surface area is 302 Å². The summed E-state index contributed by atoms with van der Waals surface area (Å²) >= 11 is 0. The predicted octanol–water partition coefficient (Wildman–Crippen LogP) is 11.7. The van der Waals surface area contributed by atoms with E-state index in [0.29, 0.717) is 35.7 Å². The molecule has 6 aromatic carbocycles. The minimum atomic E-state index is 0.168. The fourth-order valence-corrected chi connectivity index (χ4v) is 7.44. The lowest BCUT2D eigenvalue weighted by atomic mass is 9.92. The third-order valence-electron chi connectivity index (χ3n) is 10.1. The third kappa shape index (κ3) is 5.61. The van der Waals surface area contributed by atoms with E-state index < -0.39 is 0 Å². The molecule has 52 heavy (non-hydrogen) atoms. The van der Waals surface area contributed by atoms with Gasteiger partial charge in [-0.25, -0.2) is 4.98 Å². The number of para-hydroxylation sites is 2. The fraction of sp³-hybridized carbons (Fsp3) is 0.106. The number of imidazole rings is 1. The topological polar surface area (TPSA) is 64.1 Å². The molecule has 5 heteroatoms. The van der Waals surface area contributed by atoms with E-state index in [0.717, 1.165) is 61.1 Å². The number of phenolic OH excluding ortho intramolecular Hbond substituents is 1. The lowest BCUT2D eigenvalue weighted by Crippen LogP contribution is -2.02. The molecule has 3 heterocycles. The molecule has 9 rings (SSSR count). The van der Waals surface area contributed by atoms with Gasteiger partial charge in [0.05, 0.1) is 11.3 Å². The van der Waals surface area contributed by atoms with E-state index in [1.165, 1.54) is 10.9 Å². The van der Waals surface area contributed by atoms with Crippen LogP contribution in [-0.2, 0) is 12.8 Å². The van der Waals surface area contributed by atoms with Gasteiger partial charge in [0.2, 0.25) is 0 Å². The third-order valence-corrected chi connectivity index (χ3v) is 10.1. The van der Waals surface area contributed by atoms with Crippen molar-refractivity contribution in [2.75, 3.05) is 0 Å². The number of nitrogens with zero attached hydrogens (tertiary/aromatic N) is 3. The van der Waals surface area contributed by atoms with Gasteiger partial charge in [-0.1, -0.05) is 123 Å². The first-order valence-corrected chi connectivity index (χ1v) is 17.8. The maximum absolute atomic E-state index is 12.2. The number of fused-ring (bicyclic) bond motifs is 4. The average molecular weight is 676 g/mol. The molecule has 0 amide bonds. The largest absolute Gasteiger partial charge is 0.507 e. The number of aromatic nitrogens is 3. The van der Waals surface area contributed by atoms with Crippen molar-refractivity contribution in [2.24, 2.45) is 0 Å². The van der Waals surface area contributed by atoms with Crippen LogP contribution in [0.25, 0.3) is 61.0 Å². The van der Waals surface area contributed by atoms with Gasteiger partial charge >= 0.3 is 0 Å². The zero-order chi connectivity index (χ0) is 35.2. The first-order valence-electron chi connectivity index (χ1n) is 17.8. The highest BCUT2D eigenvalue weighted by atomic mass is 16.3. The van der Waals surface area contributed by atoms with Crippen LogP contribution in [0, 0.1) is 0 Å². The summed E-state index contributed by atoms with van der Waals surface area (Å²) in [6.07, 6.45) is 4.81. The highest BCUT2D eigenvalue weighted by molar-refractivity contribution is 6.08. The van der Waals surface area contributed by atoms with Crippen LogP contribution in [0.4, 0.5) is 0 Å². The monoisotopic (exact) mass is 675 g/mol. The number of benzene rings is 6. The smallest absolute Gasteiger partial charge is 0.148 e. The van der Waals surface area contributed by atoms with Gasteiger partial charge in [-0.15, -0.1) is 0 Å². The zero-order valence-corrected chi connectivity index (χ0v) is 29.1. The molecule has 0 aliphatic rings. The van der Waals surface area contributed by atoms with Gasteiger partial charge in [0.25, 0.3) is 0 Å². The van der Waals surface area contributed by atoms with Crippen LogP contribution in [-0.4, -0.2) is 19.6 Å². The molecule has 3 aromatic heterocycles. The van der Waals surface area contributed by atoms with Gasteiger partial charge in [0.15, 0.2) is 0 Å². The van der Waals surface area contributed by atoms with Gasteiger partial charge < -0.3 is 9.52 Å². The maximum atomic E-state index is 12.2. The number of hydrogen-bond donors (Lipinski definition) is 1. The summed E-state index contributed by atoms with van der Waals surface area (Å²) in [5.74, 6) is 1.26. The Bertz CT molecular complexity index is 2720. The first-order chi connectivity index (χ1) is 25.5. The SMILES string of the molecule is CC(C)c1ccc2c(-c3ccccc3)nc(Cc3ccccc3Cc3c(O)c(-c4nccn4-c4ccccc4)cc4c3oc3ccccc34)cc2c1. The van der Waals surface area contributed by atoms with Crippen molar-refractivity contribution >= 4 is 32.7 Å². The van der Waals surface area contributed by atoms with Crippen LogP contribution in [0.5, 0.6) is 5.75 Å². The van der Waals surface area contributed by atoms with Crippen molar-refractivity contribution in [3.63, 3.8) is 0 Å². The Hall–Kier alpha value is -6.46. The molecule has 0 saturated carbocycles. The van der Waals surface area contributed by atoms with Crippen LogP contribution in [0.15, 0.2) is 156 Å². The molecule has 1 N–H and O–H groups in total. The van der Waals surface area contributed by atoms with Crippen LogP contribution >= 0.6 is 0 Å². The second kappa shape index (κ2) is 13.0. The lowest BCUT2D eigenvalue weighted by molar-refractivity contribution is 0.470. The fourth-order valence-electron chi connectivity index (χ4n) is 7.44. The molecular weight excluding hydrogens is 639 g/mol. The van der Waals surface area contributed by atoms with Gasteiger partial charge in [-0.05, 0) is 58.3 Å². The number of hydrogen-bond acceptors (Lipinski definition) is 4. The van der Waals surface area contributed by atoms with Gasteiger partial charge in [-0.3, -0.25) is 9.55 Å². The second-order valence-electron chi connectivity index (χ2n) is 13.8. The summed E-state index contributed by atoms with van der Waals surface area (Å²) in [6.45, 7) is 4.46. The number of furan rings is 1. The van der Waals surface area contributed by atoms with Crippen molar-refractivity contribution in [3.8, 4) is 34.1 Å². The minimum absolute atomic E-state index is 0.168. The molecule has 9 aromatic rings. The molecule has 0 spiro atoms. The summed E-state index contributed by atoms with van der Waals surface area (Å²) in [6, 6.07) is 48.1. The molecule has 5 nitrogen and oxygen atoms in total. The van der Waals surface area contributed by atoms with Gasteiger partial charge in [-0.2, -0.15) is 0 Å². The van der Waals surface area contributed by atoms with Crippen molar-refractivity contribution in [3.05, 3.63) is 180 Å². The Morgan fingerprint density at radius 1 is 0.692 bits per heavy atom. The van der Waals surface area contributed by atoms with Crippen molar-refractivity contribution in [2.45, 2.75) is 32.6 Å². The van der Waals surface area contributed by atoms with Crippen molar-refractivity contribution in [1.29, 1.82) is 0 Å². The molecule has 0 aliphatic carbocycles. The predicted molar refractivity (Wildman–Crippen MR) is 211 cm³/mol. The number of phenols is 1. The number of rotatable bonds is 8. The van der Waals surface area contributed by atoms with Crippen LogP contribution in [0.3, 0.4) is 0 Å². The molecule has 0 fully saturated rings. The van der Waals surface area contributed by atoms with Crippen LogP contribution in [0.1, 0.15) is 47.7 Å². The number of pyridine rings is 1. The Morgan fingerprint density at radius 2 is 1.40 bits per heavy atom. The average Bonchev–Trinajstić information content (AvgIpc) is 3.82. The summed E-state index contributed by atoms with van der Waals surface area (Å²) in [7, 11) is 0. The van der Waals surface area contributed by atoms with Crippen LogP contribution < -0.4 is 0 Å². The second-order valence-corrected chi connectivity index (χ2v) is 13.8. The quantitative estimate of drug-likeness (QED) is 0.174. The Kier molecular flexibility index (Phi) is 7.89. The Morgan fingerprint density at radius 3 is 2.19 bits per heavy atom. The van der Waals surface area contributed by atoms with E-state index >= 15 is 0 Å². The highest BCUT2D eigenvalue weighted by Crippen LogP contribution is 2.43. The maximum Gasteiger partial charge on any atom is 0.148 e. The molecule has 0 aliphatic heterocycles. The van der Waals surface area contributed by atoms with Crippen LogP contribution in [0.2, 0.25) is 0 Å². The summed E-state index contributed by atoms with van der Waals surface area (Å²) in [5, 5.41) is 16.5. The highest BCUT2D eigenvalue weighted by Gasteiger charge is 2.23. The molecule has 0 atom stereocenters. The normalized spacial score (nSPS) is 11.7. The van der Waals surface area contributed by atoms with Crippen molar-refractivity contribution < 1.29 is 9.52 Å². The van der Waals surface area contributed by atoms with E-state index in [1.54, 1.807) is 6.20 Å². The van der Waals surface area contributed by atoms with Gasteiger partial charge in [0, 0.05) is 63.9 Å². The number of aromatic hydroxyl groups is 1. The Balaban J connectivity index is 1.18. The van der Waals surface area contributed by atoms with E-state index in [1.807, 2.05) is 71.4 Å². The summed E-state index contributed by atoms with van der Waals surface area (Å²) in [4.78, 5) is 10.0. The van der Waals surface area contributed by atoms with E-state index in [-0.39, 0.29) is 5.75 Å². The standard InChI is InChI=1S/C47H37N3O2/c1-30(2)32-21-22-38-35(25-32)27-36(49-44(38)31-13-5-3-6-14-31)26-33-15-9-10-16-34(33)28-41-45(51)42(29-40-39-19-11-12-20-43(39)52-46(40)41)47-48-23-24-50(47)37-17-7-4-8-18-37/h3-25,27,29-30,51H,26,28H2,1-2H3. The van der Waals surface area contributed by atoms with E-state index in [9.17, 15) is 5.11 Å². The minimum Gasteiger partial charge on any atom is -0.507 e. The molecule has 0 unspecified atom stereocenters. The first kappa shape index (κ1) is 31.5. The molecule has 0 saturated heterocycles. The summed E-state index contributed by atoms with van der Waals surface area (Å²) in [5.41, 5.74) is 10.5.